The van der Waals surface area contributed by atoms with Crippen LogP contribution in [0, 0.1) is 0 Å². The van der Waals surface area contributed by atoms with Gasteiger partial charge >= 0.3 is 0 Å². The van der Waals surface area contributed by atoms with Gasteiger partial charge in [0, 0.05) is 33.2 Å². The fourth-order valence-corrected chi connectivity index (χ4v) is 2.25. The monoisotopic (exact) mass is 242 g/mol. The minimum absolute atomic E-state index is 0.213. The molecule has 0 aromatic carbocycles. The topological polar surface area (TPSA) is 35.5 Å². The van der Waals surface area contributed by atoms with E-state index in [9.17, 15) is 4.79 Å². The minimum Gasteiger partial charge on any atom is -0.385 e. The van der Waals surface area contributed by atoms with E-state index in [1.807, 2.05) is 0 Å². The molecule has 1 rings (SSSR count). The summed E-state index contributed by atoms with van der Waals surface area (Å²) in [4.78, 5) is 11.7. The summed E-state index contributed by atoms with van der Waals surface area (Å²) in [5.41, 5.74) is 0. The summed E-state index contributed by atoms with van der Waals surface area (Å²) in [5, 5.41) is 0. The molecule has 1 saturated heterocycles. The molecule has 0 N–H and O–H groups in total. The second kappa shape index (κ2) is 9.60. The van der Waals surface area contributed by atoms with Crippen molar-refractivity contribution in [1.82, 2.24) is 0 Å². The highest BCUT2D eigenvalue weighted by atomic mass is 16.5. The van der Waals surface area contributed by atoms with E-state index in [1.54, 1.807) is 7.11 Å². The molecule has 1 fully saturated rings. The zero-order valence-corrected chi connectivity index (χ0v) is 11.1. The molecule has 0 aromatic rings. The van der Waals surface area contributed by atoms with Crippen molar-refractivity contribution in [2.24, 2.45) is 0 Å². The summed E-state index contributed by atoms with van der Waals surface area (Å²) >= 11 is 0. The Kier molecular flexibility index (Phi) is 8.28. The Morgan fingerprint density at radius 2 is 2.06 bits per heavy atom. The second-order valence-corrected chi connectivity index (χ2v) is 4.89. The van der Waals surface area contributed by atoms with Gasteiger partial charge in [-0.25, -0.2) is 0 Å². The van der Waals surface area contributed by atoms with Crippen LogP contribution < -0.4 is 0 Å². The van der Waals surface area contributed by atoms with Crippen molar-refractivity contribution >= 4 is 5.78 Å². The maximum atomic E-state index is 11.7. The van der Waals surface area contributed by atoms with E-state index in [4.69, 9.17) is 9.47 Å². The SMILES string of the molecule is COCCCCCCC(=O)CC1CCCCO1. The second-order valence-electron chi connectivity index (χ2n) is 4.89. The van der Waals surface area contributed by atoms with Gasteiger partial charge in [-0.15, -0.1) is 0 Å². The summed E-state index contributed by atoms with van der Waals surface area (Å²) < 4.78 is 10.6. The van der Waals surface area contributed by atoms with E-state index in [0.29, 0.717) is 12.2 Å². The molecule has 17 heavy (non-hydrogen) atoms. The van der Waals surface area contributed by atoms with Gasteiger partial charge in [-0.05, 0) is 32.1 Å². The summed E-state index contributed by atoms with van der Waals surface area (Å²) in [6.07, 6.45) is 9.46. The van der Waals surface area contributed by atoms with Crippen LogP contribution in [0.15, 0.2) is 0 Å². The van der Waals surface area contributed by atoms with E-state index >= 15 is 0 Å². The molecular weight excluding hydrogens is 216 g/mol. The summed E-state index contributed by atoms with van der Waals surface area (Å²) in [7, 11) is 1.73. The molecule has 0 amide bonds. The lowest BCUT2D eigenvalue weighted by Crippen LogP contribution is -2.22. The van der Waals surface area contributed by atoms with Gasteiger partial charge in [-0.2, -0.15) is 0 Å². The summed E-state index contributed by atoms with van der Waals surface area (Å²) in [5.74, 6) is 0.378. The van der Waals surface area contributed by atoms with E-state index in [0.717, 1.165) is 51.7 Å². The van der Waals surface area contributed by atoms with E-state index in [2.05, 4.69) is 0 Å². The Morgan fingerprint density at radius 3 is 2.76 bits per heavy atom. The van der Waals surface area contributed by atoms with Gasteiger partial charge in [0.2, 0.25) is 0 Å². The van der Waals surface area contributed by atoms with Crippen molar-refractivity contribution in [2.45, 2.75) is 63.9 Å². The van der Waals surface area contributed by atoms with Gasteiger partial charge in [0.25, 0.3) is 0 Å². The molecule has 1 unspecified atom stereocenters. The number of hydrogen-bond acceptors (Lipinski definition) is 3. The Bertz CT molecular complexity index is 198. The maximum absolute atomic E-state index is 11.7. The molecular formula is C14H26O3. The third-order valence-electron chi connectivity index (χ3n) is 3.28. The Labute approximate surface area is 105 Å². The first kappa shape index (κ1) is 14.7. The molecule has 1 aliphatic rings. The van der Waals surface area contributed by atoms with Crippen molar-refractivity contribution in [3.8, 4) is 0 Å². The molecule has 0 saturated carbocycles. The molecule has 1 aliphatic heterocycles. The van der Waals surface area contributed by atoms with E-state index < -0.39 is 0 Å². The third kappa shape index (κ3) is 7.50. The minimum atomic E-state index is 0.213. The number of hydrogen-bond donors (Lipinski definition) is 0. The molecule has 0 aliphatic carbocycles. The van der Waals surface area contributed by atoms with Crippen molar-refractivity contribution in [3.05, 3.63) is 0 Å². The van der Waals surface area contributed by atoms with Crippen LogP contribution in [-0.4, -0.2) is 32.2 Å². The van der Waals surface area contributed by atoms with Gasteiger partial charge in [0.05, 0.1) is 6.10 Å². The van der Waals surface area contributed by atoms with Crippen molar-refractivity contribution in [3.63, 3.8) is 0 Å². The fourth-order valence-electron chi connectivity index (χ4n) is 2.25. The smallest absolute Gasteiger partial charge is 0.135 e. The average molecular weight is 242 g/mol. The van der Waals surface area contributed by atoms with Crippen molar-refractivity contribution in [1.29, 1.82) is 0 Å². The lowest BCUT2D eigenvalue weighted by atomic mass is 10.0. The Balaban J connectivity index is 1.93. The van der Waals surface area contributed by atoms with Gasteiger partial charge in [0.15, 0.2) is 0 Å². The predicted octanol–water partition coefficient (Wildman–Crippen LogP) is 3.11. The summed E-state index contributed by atoms with van der Waals surface area (Å²) in [6, 6.07) is 0. The first-order valence-electron chi connectivity index (χ1n) is 6.95. The maximum Gasteiger partial charge on any atom is 0.135 e. The van der Waals surface area contributed by atoms with Crippen molar-refractivity contribution < 1.29 is 14.3 Å². The van der Waals surface area contributed by atoms with Crippen LogP contribution in [0.4, 0.5) is 0 Å². The van der Waals surface area contributed by atoms with Gasteiger partial charge in [0.1, 0.15) is 5.78 Å². The lowest BCUT2D eigenvalue weighted by molar-refractivity contribution is -0.122. The molecule has 3 nitrogen and oxygen atoms in total. The number of Topliss-reactive ketones (excluding diaryl/α,β-unsaturated/α-hetero) is 1. The highest BCUT2D eigenvalue weighted by Crippen LogP contribution is 2.17. The van der Waals surface area contributed by atoms with E-state index in [1.165, 1.54) is 12.8 Å². The highest BCUT2D eigenvalue weighted by Gasteiger charge is 2.16. The first-order valence-corrected chi connectivity index (χ1v) is 6.95. The van der Waals surface area contributed by atoms with Gasteiger partial charge in [-0.3, -0.25) is 4.79 Å². The predicted molar refractivity (Wildman–Crippen MR) is 68.2 cm³/mol. The normalized spacial score (nSPS) is 20.4. The molecule has 0 bridgehead atoms. The lowest BCUT2D eigenvalue weighted by Gasteiger charge is -2.21. The van der Waals surface area contributed by atoms with Crippen molar-refractivity contribution in [2.75, 3.05) is 20.3 Å². The standard InChI is InChI=1S/C14H26O3/c1-16-10-6-3-2-4-8-13(15)12-14-9-5-7-11-17-14/h14H,2-12H2,1H3. The van der Waals surface area contributed by atoms with Crippen LogP contribution in [0.5, 0.6) is 0 Å². The number of methoxy groups -OCH3 is 1. The molecule has 3 heteroatoms. The quantitative estimate of drug-likeness (QED) is 0.583. The molecule has 100 valence electrons. The average Bonchev–Trinajstić information content (AvgIpc) is 2.35. The van der Waals surface area contributed by atoms with Crippen LogP contribution in [0.3, 0.4) is 0 Å². The molecule has 0 radical (unpaired) electrons. The van der Waals surface area contributed by atoms with Crippen LogP contribution >= 0.6 is 0 Å². The Morgan fingerprint density at radius 1 is 1.24 bits per heavy atom. The van der Waals surface area contributed by atoms with Crippen LogP contribution in [0.2, 0.25) is 0 Å². The number of carbonyl (C=O) groups excluding carboxylic acids is 1. The summed E-state index contributed by atoms with van der Waals surface area (Å²) in [6.45, 7) is 1.68. The molecule has 0 spiro atoms. The van der Waals surface area contributed by atoms with E-state index in [-0.39, 0.29) is 6.10 Å². The largest absolute Gasteiger partial charge is 0.385 e. The first-order chi connectivity index (χ1) is 8.33. The molecule has 0 aromatic heterocycles. The van der Waals surface area contributed by atoms with Gasteiger partial charge in [-0.1, -0.05) is 12.8 Å². The number of ether oxygens (including phenoxy) is 2. The van der Waals surface area contributed by atoms with Crippen LogP contribution in [0.25, 0.3) is 0 Å². The fraction of sp³-hybridized carbons (Fsp3) is 0.929. The third-order valence-corrected chi connectivity index (χ3v) is 3.28. The zero-order valence-electron chi connectivity index (χ0n) is 11.1. The number of carbonyl (C=O) groups is 1. The molecule has 1 heterocycles. The highest BCUT2D eigenvalue weighted by molar-refractivity contribution is 5.78. The number of ketones is 1. The molecule has 1 atom stereocenters. The van der Waals surface area contributed by atoms with Crippen LogP contribution in [0.1, 0.15) is 57.8 Å². The van der Waals surface area contributed by atoms with Crippen LogP contribution in [-0.2, 0) is 14.3 Å². The number of rotatable bonds is 9. The Hall–Kier alpha value is -0.410. The zero-order chi connectivity index (χ0) is 12.3. The van der Waals surface area contributed by atoms with Gasteiger partial charge < -0.3 is 9.47 Å². The number of unbranched alkanes of at least 4 members (excludes halogenated alkanes) is 3.